The molecular weight excluding hydrogens is 218 g/mol. The number of pyridine rings is 1. The van der Waals surface area contributed by atoms with Gasteiger partial charge in [-0.05, 0) is 12.1 Å². The predicted molar refractivity (Wildman–Crippen MR) is 63.0 cm³/mol. The lowest BCUT2D eigenvalue weighted by atomic mass is 10.2. The number of nitrogens with zero attached hydrogens (tertiary/aromatic N) is 3. The third-order valence-electron chi connectivity index (χ3n) is 2.30. The molecule has 0 aromatic carbocycles. The second-order valence-electron chi connectivity index (χ2n) is 3.63. The van der Waals surface area contributed by atoms with Crippen molar-refractivity contribution >= 4 is 11.6 Å². The van der Waals surface area contributed by atoms with Gasteiger partial charge in [-0.1, -0.05) is 0 Å². The van der Waals surface area contributed by atoms with Crippen molar-refractivity contribution in [1.82, 2.24) is 20.1 Å². The van der Waals surface area contributed by atoms with E-state index in [1.165, 1.54) is 12.4 Å². The number of nitrogens with one attached hydrogen (secondary N) is 1. The Hall–Kier alpha value is -2.37. The van der Waals surface area contributed by atoms with Crippen LogP contribution in [0.15, 0.2) is 30.7 Å². The number of hydrogen-bond donors (Lipinski definition) is 2. The number of anilines is 1. The normalized spacial score (nSPS) is 10.2. The Labute approximate surface area is 98.5 Å². The minimum Gasteiger partial charge on any atom is -0.397 e. The highest BCUT2D eigenvalue weighted by Gasteiger charge is 2.09. The number of carbonyl (C=O) groups excluding carboxylic acids is 1. The summed E-state index contributed by atoms with van der Waals surface area (Å²) in [5, 5.41) is 6.90. The summed E-state index contributed by atoms with van der Waals surface area (Å²) in [4.78, 5) is 15.6. The van der Waals surface area contributed by atoms with Crippen molar-refractivity contribution in [1.29, 1.82) is 0 Å². The molecular formula is C11H13N5O. The van der Waals surface area contributed by atoms with E-state index >= 15 is 0 Å². The molecule has 6 heteroatoms. The molecule has 3 N–H and O–H groups in total. The van der Waals surface area contributed by atoms with Gasteiger partial charge in [0.1, 0.15) is 0 Å². The Kier molecular flexibility index (Phi) is 3.04. The molecule has 1 amide bonds. The molecule has 0 aliphatic heterocycles. The molecule has 0 atom stereocenters. The Balaban J connectivity index is 2.01. The van der Waals surface area contributed by atoms with Crippen LogP contribution in [0.2, 0.25) is 0 Å². The van der Waals surface area contributed by atoms with Crippen LogP contribution in [0.3, 0.4) is 0 Å². The number of nitrogen functional groups attached to an aromatic ring is 1. The monoisotopic (exact) mass is 231 g/mol. The van der Waals surface area contributed by atoms with Crippen LogP contribution in [-0.2, 0) is 13.6 Å². The minimum absolute atomic E-state index is 0.226. The standard InChI is InChI=1S/C11H13N5O/c1-16-5-3-8(15-16)6-14-11(17)9-2-4-13-7-10(9)12/h2-5,7H,6,12H2,1H3,(H,14,17). The zero-order valence-corrected chi connectivity index (χ0v) is 9.42. The summed E-state index contributed by atoms with van der Waals surface area (Å²) < 4.78 is 1.68. The van der Waals surface area contributed by atoms with Gasteiger partial charge in [0, 0.05) is 19.4 Å². The number of amides is 1. The number of rotatable bonds is 3. The van der Waals surface area contributed by atoms with Crippen LogP contribution in [0.1, 0.15) is 16.1 Å². The summed E-state index contributed by atoms with van der Waals surface area (Å²) in [6.45, 7) is 0.376. The van der Waals surface area contributed by atoms with Gasteiger partial charge in [0.25, 0.3) is 5.91 Å². The van der Waals surface area contributed by atoms with Crippen LogP contribution in [0, 0.1) is 0 Å². The first-order valence-corrected chi connectivity index (χ1v) is 5.13. The summed E-state index contributed by atoms with van der Waals surface area (Å²) >= 11 is 0. The van der Waals surface area contributed by atoms with Crippen molar-refractivity contribution < 1.29 is 4.79 Å². The van der Waals surface area contributed by atoms with E-state index in [2.05, 4.69) is 15.4 Å². The first-order valence-electron chi connectivity index (χ1n) is 5.13. The highest BCUT2D eigenvalue weighted by atomic mass is 16.1. The van der Waals surface area contributed by atoms with Gasteiger partial charge in [-0.2, -0.15) is 5.10 Å². The molecule has 88 valence electrons. The maximum Gasteiger partial charge on any atom is 0.253 e. The number of aromatic nitrogens is 3. The maximum atomic E-state index is 11.8. The van der Waals surface area contributed by atoms with Gasteiger partial charge in [0.2, 0.25) is 0 Å². The number of aryl methyl sites for hydroxylation is 1. The Morgan fingerprint density at radius 2 is 2.35 bits per heavy atom. The summed E-state index contributed by atoms with van der Waals surface area (Å²) in [5.74, 6) is -0.226. The molecule has 0 aliphatic carbocycles. The van der Waals surface area contributed by atoms with E-state index in [4.69, 9.17) is 5.73 Å². The molecule has 0 radical (unpaired) electrons. The van der Waals surface area contributed by atoms with Crippen molar-refractivity contribution in [3.63, 3.8) is 0 Å². The summed E-state index contributed by atoms with van der Waals surface area (Å²) in [5.41, 5.74) is 7.24. The molecule has 0 fully saturated rings. The second kappa shape index (κ2) is 4.65. The van der Waals surface area contributed by atoms with Crippen molar-refractivity contribution in [2.45, 2.75) is 6.54 Å². The molecule has 6 nitrogen and oxygen atoms in total. The molecule has 0 saturated heterocycles. The van der Waals surface area contributed by atoms with Gasteiger partial charge in [0.05, 0.1) is 29.7 Å². The fourth-order valence-corrected chi connectivity index (χ4v) is 1.44. The van der Waals surface area contributed by atoms with Crippen LogP contribution in [-0.4, -0.2) is 20.7 Å². The smallest absolute Gasteiger partial charge is 0.253 e. The second-order valence-corrected chi connectivity index (χ2v) is 3.63. The average molecular weight is 231 g/mol. The van der Waals surface area contributed by atoms with Crippen LogP contribution in [0.4, 0.5) is 5.69 Å². The lowest BCUT2D eigenvalue weighted by Gasteiger charge is -2.05. The van der Waals surface area contributed by atoms with Gasteiger partial charge in [-0.25, -0.2) is 0 Å². The van der Waals surface area contributed by atoms with E-state index in [0.29, 0.717) is 17.8 Å². The Bertz CT molecular complexity index is 534. The van der Waals surface area contributed by atoms with Crippen LogP contribution < -0.4 is 11.1 Å². The van der Waals surface area contributed by atoms with Gasteiger partial charge in [-0.15, -0.1) is 0 Å². The SMILES string of the molecule is Cn1ccc(CNC(=O)c2ccncc2N)n1. The van der Waals surface area contributed by atoms with E-state index in [1.54, 1.807) is 10.7 Å². The lowest BCUT2D eigenvalue weighted by Crippen LogP contribution is -2.24. The molecule has 2 aromatic rings. The largest absolute Gasteiger partial charge is 0.397 e. The molecule has 2 heterocycles. The Morgan fingerprint density at radius 1 is 1.53 bits per heavy atom. The third kappa shape index (κ3) is 2.60. The van der Waals surface area contributed by atoms with E-state index in [9.17, 15) is 4.79 Å². The van der Waals surface area contributed by atoms with Crippen LogP contribution in [0.5, 0.6) is 0 Å². The third-order valence-corrected chi connectivity index (χ3v) is 2.30. The van der Waals surface area contributed by atoms with Crippen molar-refractivity contribution in [3.05, 3.63) is 42.0 Å². The molecule has 2 rings (SSSR count). The van der Waals surface area contributed by atoms with Gasteiger partial charge in [-0.3, -0.25) is 14.5 Å². The van der Waals surface area contributed by atoms with E-state index in [-0.39, 0.29) is 5.91 Å². The molecule has 0 unspecified atom stereocenters. The molecule has 17 heavy (non-hydrogen) atoms. The predicted octanol–water partition coefficient (Wildman–Crippen LogP) is 0.327. The first-order chi connectivity index (χ1) is 8.16. The highest BCUT2D eigenvalue weighted by Crippen LogP contribution is 2.08. The molecule has 0 bridgehead atoms. The summed E-state index contributed by atoms with van der Waals surface area (Å²) in [6, 6.07) is 3.43. The molecule has 2 aromatic heterocycles. The fourth-order valence-electron chi connectivity index (χ4n) is 1.44. The van der Waals surface area contributed by atoms with E-state index < -0.39 is 0 Å². The molecule has 0 spiro atoms. The fraction of sp³-hybridized carbons (Fsp3) is 0.182. The average Bonchev–Trinajstić information content (AvgIpc) is 2.73. The highest BCUT2D eigenvalue weighted by molar-refractivity contribution is 5.98. The van der Waals surface area contributed by atoms with E-state index in [1.807, 2.05) is 19.3 Å². The van der Waals surface area contributed by atoms with Crippen LogP contribution >= 0.6 is 0 Å². The zero-order valence-electron chi connectivity index (χ0n) is 9.42. The van der Waals surface area contributed by atoms with Crippen LogP contribution in [0.25, 0.3) is 0 Å². The first kappa shape index (κ1) is 11.1. The van der Waals surface area contributed by atoms with Gasteiger partial charge in [0.15, 0.2) is 0 Å². The number of carbonyl (C=O) groups is 1. The summed E-state index contributed by atoms with van der Waals surface area (Å²) in [6.07, 6.45) is 4.81. The summed E-state index contributed by atoms with van der Waals surface area (Å²) in [7, 11) is 1.83. The maximum absolute atomic E-state index is 11.8. The van der Waals surface area contributed by atoms with E-state index in [0.717, 1.165) is 5.69 Å². The zero-order chi connectivity index (χ0) is 12.3. The lowest BCUT2D eigenvalue weighted by molar-refractivity contribution is 0.0951. The van der Waals surface area contributed by atoms with Crippen molar-refractivity contribution in [3.8, 4) is 0 Å². The molecule has 0 aliphatic rings. The van der Waals surface area contributed by atoms with Gasteiger partial charge < -0.3 is 11.1 Å². The van der Waals surface area contributed by atoms with Gasteiger partial charge >= 0.3 is 0 Å². The Morgan fingerprint density at radius 3 is 3.00 bits per heavy atom. The number of hydrogen-bond acceptors (Lipinski definition) is 4. The molecule has 0 saturated carbocycles. The topological polar surface area (TPSA) is 85.8 Å². The quantitative estimate of drug-likeness (QED) is 0.797. The number of nitrogens with two attached hydrogens (primary N) is 1. The van der Waals surface area contributed by atoms with Crippen molar-refractivity contribution in [2.24, 2.45) is 7.05 Å². The minimum atomic E-state index is -0.226. The van der Waals surface area contributed by atoms with Crippen molar-refractivity contribution in [2.75, 3.05) is 5.73 Å².